The average Bonchev–Trinajstić information content (AvgIpc) is 2.90. The largest absolute Gasteiger partial charge is 0.478 e. The lowest BCUT2D eigenvalue weighted by molar-refractivity contribution is 0.0686. The Balaban J connectivity index is 0.000000211. The molecule has 0 saturated heterocycles. The SMILES string of the molecule is CC(=O)c1ccc(Oc2ccc(C(C)=O)cc2)cc1.O=C(O)c1ccc(Oc2ccc(C(=O)O)cc2)cc1. The lowest BCUT2D eigenvalue weighted by atomic mass is 10.1. The monoisotopic (exact) mass is 512 g/mol. The summed E-state index contributed by atoms with van der Waals surface area (Å²) in [5.74, 6) is 0.312. The number of carboxylic acid groups (broad SMARTS) is 2. The molecule has 8 nitrogen and oxygen atoms in total. The highest BCUT2D eigenvalue weighted by molar-refractivity contribution is 5.94. The second-order valence-electron chi connectivity index (χ2n) is 8.02. The molecule has 4 rings (SSSR count). The zero-order chi connectivity index (χ0) is 27.7. The van der Waals surface area contributed by atoms with Crippen LogP contribution in [0, 0.1) is 0 Å². The molecule has 192 valence electrons. The van der Waals surface area contributed by atoms with E-state index in [1.807, 2.05) is 0 Å². The van der Waals surface area contributed by atoms with Crippen LogP contribution in [-0.2, 0) is 0 Å². The molecule has 4 aromatic rings. The molecule has 38 heavy (non-hydrogen) atoms. The van der Waals surface area contributed by atoms with E-state index in [-0.39, 0.29) is 22.7 Å². The second kappa shape index (κ2) is 12.6. The van der Waals surface area contributed by atoms with E-state index in [4.69, 9.17) is 19.7 Å². The first-order valence-electron chi connectivity index (χ1n) is 11.4. The number of carbonyl (C=O) groups excluding carboxylic acids is 2. The van der Waals surface area contributed by atoms with Gasteiger partial charge in [-0.05, 0) is 111 Å². The molecular formula is C30H24O8. The summed E-state index contributed by atoms with van der Waals surface area (Å²) in [6, 6.07) is 25.8. The van der Waals surface area contributed by atoms with Crippen LogP contribution in [0.2, 0.25) is 0 Å². The van der Waals surface area contributed by atoms with Gasteiger partial charge in [-0.3, -0.25) is 9.59 Å². The minimum Gasteiger partial charge on any atom is -0.478 e. The van der Waals surface area contributed by atoms with Crippen molar-refractivity contribution in [3.8, 4) is 23.0 Å². The molecule has 0 bridgehead atoms. The predicted octanol–water partition coefficient (Wildman–Crippen LogP) is 6.76. The van der Waals surface area contributed by atoms with Crippen LogP contribution < -0.4 is 9.47 Å². The van der Waals surface area contributed by atoms with E-state index in [1.165, 1.54) is 62.4 Å². The molecule has 8 heteroatoms. The van der Waals surface area contributed by atoms with Crippen LogP contribution in [0.5, 0.6) is 23.0 Å². The van der Waals surface area contributed by atoms with Crippen molar-refractivity contribution in [3.63, 3.8) is 0 Å². The van der Waals surface area contributed by atoms with Crippen LogP contribution in [0.1, 0.15) is 55.3 Å². The molecule has 0 aliphatic carbocycles. The van der Waals surface area contributed by atoms with Crippen molar-refractivity contribution >= 4 is 23.5 Å². The molecule has 0 saturated carbocycles. The molecule has 0 atom stereocenters. The van der Waals surface area contributed by atoms with Gasteiger partial charge in [0.15, 0.2) is 11.6 Å². The van der Waals surface area contributed by atoms with Gasteiger partial charge < -0.3 is 19.7 Å². The van der Waals surface area contributed by atoms with Gasteiger partial charge in [-0.1, -0.05) is 0 Å². The number of aromatic carboxylic acids is 2. The minimum atomic E-state index is -1.00. The molecule has 0 unspecified atom stereocenters. The molecule has 4 aromatic carbocycles. The number of hydrogen-bond acceptors (Lipinski definition) is 6. The lowest BCUT2D eigenvalue weighted by Crippen LogP contribution is -1.96. The van der Waals surface area contributed by atoms with Gasteiger partial charge in [0, 0.05) is 11.1 Å². The normalized spacial score (nSPS) is 9.95. The maximum Gasteiger partial charge on any atom is 0.335 e. The van der Waals surface area contributed by atoms with E-state index in [1.54, 1.807) is 48.5 Å². The molecule has 0 radical (unpaired) electrons. The van der Waals surface area contributed by atoms with Crippen molar-refractivity contribution in [3.05, 3.63) is 119 Å². The Hall–Kier alpha value is -5.24. The number of benzene rings is 4. The van der Waals surface area contributed by atoms with E-state index in [0.717, 1.165) is 0 Å². The number of hydrogen-bond donors (Lipinski definition) is 2. The van der Waals surface area contributed by atoms with E-state index in [0.29, 0.717) is 34.1 Å². The third-order valence-electron chi connectivity index (χ3n) is 5.20. The number of ether oxygens (including phenoxy) is 2. The van der Waals surface area contributed by atoms with Crippen LogP contribution in [-0.4, -0.2) is 33.7 Å². The first-order valence-corrected chi connectivity index (χ1v) is 11.4. The summed E-state index contributed by atoms with van der Waals surface area (Å²) in [4.78, 5) is 43.6. The second-order valence-corrected chi connectivity index (χ2v) is 8.02. The van der Waals surface area contributed by atoms with E-state index in [9.17, 15) is 19.2 Å². The summed E-state index contributed by atoms with van der Waals surface area (Å²) >= 11 is 0. The van der Waals surface area contributed by atoms with E-state index in [2.05, 4.69) is 0 Å². The van der Waals surface area contributed by atoms with Gasteiger partial charge in [-0.2, -0.15) is 0 Å². The zero-order valence-electron chi connectivity index (χ0n) is 20.6. The van der Waals surface area contributed by atoms with Crippen molar-refractivity contribution in [1.82, 2.24) is 0 Å². The first kappa shape index (κ1) is 27.3. The van der Waals surface area contributed by atoms with Gasteiger partial charge in [-0.25, -0.2) is 9.59 Å². The van der Waals surface area contributed by atoms with Crippen molar-refractivity contribution in [2.45, 2.75) is 13.8 Å². The van der Waals surface area contributed by atoms with Crippen molar-refractivity contribution in [1.29, 1.82) is 0 Å². The maximum atomic E-state index is 11.1. The highest BCUT2D eigenvalue weighted by Gasteiger charge is 2.05. The number of Topliss-reactive ketones (excluding diaryl/α,β-unsaturated/α-hetero) is 2. The van der Waals surface area contributed by atoms with E-state index >= 15 is 0 Å². The molecule has 0 aliphatic rings. The van der Waals surface area contributed by atoms with Crippen LogP contribution >= 0.6 is 0 Å². The number of carbonyl (C=O) groups is 4. The summed E-state index contributed by atoms with van der Waals surface area (Å²) in [5, 5.41) is 17.5. The number of ketones is 2. The Morgan fingerprint density at radius 1 is 0.421 bits per heavy atom. The van der Waals surface area contributed by atoms with Crippen LogP contribution in [0.15, 0.2) is 97.1 Å². The summed E-state index contributed by atoms with van der Waals surface area (Å²) in [6.07, 6.45) is 0. The molecule has 0 heterocycles. The van der Waals surface area contributed by atoms with Gasteiger partial charge in [0.1, 0.15) is 23.0 Å². The number of rotatable bonds is 8. The maximum absolute atomic E-state index is 11.1. The first-order chi connectivity index (χ1) is 18.1. The Kier molecular flexibility index (Phi) is 9.10. The highest BCUT2D eigenvalue weighted by Crippen LogP contribution is 2.23. The van der Waals surface area contributed by atoms with Crippen LogP contribution in [0.3, 0.4) is 0 Å². The quantitative estimate of drug-likeness (QED) is 0.248. The molecule has 0 aromatic heterocycles. The van der Waals surface area contributed by atoms with Gasteiger partial charge in [0.05, 0.1) is 11.1 Å². The summed E-state index contributed by atoms with van der Waals surface area (Å²) in [7, 11) is 0. The van der Waals surface area contributed by atoms with Gasteiger partial charge >= 0.3 is 11.9 Å². The third kappa shape index (κ3) is 7.89. The highest BCUT2D eigenvalue weighted by atomic mass is 16.5. The standard InChI is InChI=1S/C16H14O3.C14H10O5/c1-11(17)13-3-7-15(8-4-13)19-16-9-5-14(6-10-16)12(2)18;15-13(16)9-1-5-11(6-2-9)19-12-7-3-10(4-8-12)14(17)18/h3-10H,1-2H3;1-8H,(H,15,16)(H,17,18). The van der Waals surface area contributed by atoms with Crippen molar-refractivity contribution in [2.75, 3.05) is 0 Å². The predicted molar refractivity (Wildman–Crippen MR) is 140 cm³/mol. The fourth-order valence-electron chi connectivity index (χ4n) is 3.12. The van der Waals surface area contributed by atoms with Gasteiger partial charge in [0.25, 0.3) is 0 Å². The topological polar surface area (TPSA) is 127 Å². The fraction of sp³-hybridized carbons (Fsp3) is 0.0667. The van der Waals surface area contributed by atoms with Crippen molar-refractivity contribution < 1.29 is 38.9 Å². The molecule has 2 N–H and O–H groups in total. The summed E-state index contributed by atoms with van der Waals surface area (Å²) in [6.45, 7) is 3.05. The minimum absolute atomic E-state index is 0.0253. The van der Waals surface area contributed by atoms with Crippen LogP contribution in [0.25, 0.3) is 0 Å². The van der Waals surface area contributed by atoms with Gasteiger partial charge in [0.2, 0.25) is 0 Å². The Morgan fingerprint density at radius 3 is 0.816 bits per heavy atom. The Labute approximate surface area is 218 Å². The zero-order valence-corrected chi connectivity index (χ0v) is 20.6. The smallest absolute Gasteiger partial charge is 0.335 e. The lowest BCUT2D eigenvalue weighted by Gasteiger charge is -2.06. The van der Waals surface area contributed by atoms with Crippen molar-refractivity contribution in [2.24, 2.45) is 0 Å². The van der Waals surface area contributed by atoms with Gasteiger partial charge in [-0.15, -0.1) is 0 Å². The Morgan fingerprint density at radius 2 is 0.632 bits per heavy atom. The Bertz CT molecular complexity index is 1200. The molecule has 0 fully saturated rings. The molecule has 0 aliphatic heterocycles. The average molecular weight is 513 g/mol. The van der Waals surface area contributed by atoms with E-state index < -0.39 is 11.9 Å². The summed E-state index contributed by atoms with van der Waals surface area (Å²) in [5.41, 5.74) is 1.65. The molecule has 0 amide bonds. The fourth-order valence-corrected chi connectivity index (χ4v) is 3.12. The molecule has 0 spiro atoms. The summed E-state index contributed by atoms with van der Waals surface area (Å²) < 4.78 is 11.1. The van der Waals surface area contributed by atoms with Crippen LogP contribution in [0.4, 0.5) is 0 Å². The third-order valence-corrected chi connectivity index (χ3v) is 5.20. The number of carboxylic acids is 2. The molecular weight excluding hydrogens is 488 g/mol.